The van der Waals surface area contributed by atoms with Crippen LogP contribution in [-0.2, 0) is 13.1 Å². The zero-order chi connectivity index (χ0) is 22.5. The molecule has 0 aliphatic rings. The first-order valence-electron chi connectivity index (χ1n) is 10.3. The van der Waals surface area contributed by atoms with E-state index in [0.29, 0.717) is 23.7 Å². The van der Waals surface area contributed by atoms with Crippen molar-refractivity contribution in [1.82, 2.24) is 9.88 Å². The number of benzene rings is 3. The van der Waals surface area contributed by atoms with Gasteiger partial charge in [-0.05, 0) is 41.3 Å². The Labute approximate surface area is 190 Å². The number of methoxy groups -OCH3 is 1. The van der Waals surface area contributed by atoms with Gasteiger partial charge in [0.1, 0.15) is 10.6 Å². The molecular formula is C26H24N2O3S. The predicted molar refractivity (Wildman–Crippen MR) is 128 cm³/mol. The summed E-state index contributed by atoms with van der Waals surface area (Å²) in [4.78, 5) is 25.6. The van der Waals surface area contributed by atoms with E-state index in [2.05, 4.69) is 29.6 Å². The lowest BCUT2D eigenvalue weighted by Gasteiger charge is -2.08. The second-order valence-corrected chi connectivity index (χ2v) is 8.42. The van der Waals surface area contributed by atoms with Crippen molar-refractivity contribution in [3.05, 3.63) is 110 Å². The van der Waals surface area contributed by atoms with E-state index in [1.165, 1.54) is 0 Å². The summed E-state index contributed by atoms with van der Waals surface area (Å²) in [6, 6.07) is 25.8. The molecule has 1 amide bonds. The normalized spacial score (nSPS) is 10.7. The van der Waals surface area contributed by atoms with Crippen molar-refractivity contribution < 1.29 is 9.53 Å². The third kappa shape index (κ3) is 4.81. The van der Waals surface area contributed by atoms with Crippen LogP contribution in [0.4, 0.5) is 0 Å². The van der Waals surface area contributed by atoms with Crippen molar-refractivity contribution in [1.29, 1.82) is 0 Å². The fraction of sp³-hybridized carbons (Fsp3) is 0.154. The number of carbonyl (C=O) groups is 1. The smallest absolute Gasteiger partial charge is 0.308 e. The third-order valence-electron chi connectivity index (χ3n) is 5.36. The number of aromatic nitrogens is 1. The molecule has 0 radical (unpaired) electrons. The number of nitrogens with one attached hydrogen (secondary N) is 1. The molecule has 0 aliphatic heterocycles. The summed E-state index contributed by atoms with van der Waals surface area (Å²) in [5.74, 6) is 0.529. The van der Waals surface area contributed by atoms with Gasteiger partial charge in [0.25, 0.3) is 5.91 Å². The third-order valence-corrected chi connectivity index (χ3v) is 6.44. The van der Waals surface area contributed by atoms with Crippen LogP contribution >= 0.6 is 11.3 Å². The van der Waals surface area contributed by atoms with Gasteiger partial charge >= 0.3 is 4.87 Å². The SMILES string of the molecule is COc1ccc(CNC(=O)c2sc(=O)n(Cc3ccc(-c4ccccc4)cc3)c2C)cc1. The Morgan fingerprint density at radius 2 is 1.53 bits per heavy atom. The van der Waals surface area contributed by atoms with Crippen LogP contribution in [0.2, 0.25) is 0 Å². The van der Waals surface area contributed by atoms with Gasteiger partial charge in [-0.2, -0.15) is 0 Å². The van der Waals surface area contributed by atoms with E-state index < -0.39 is 0 Å². The van der Waals surface area contributed by atoms with Crippen LogP contribution in [0, 0.1) is 6.92 Å². The molecule has 0 atom stereocenters. The zero-order valence-electron chi connectivity index (χ0n) is 18.0. The lowest BCUT2D eigenvalue weighted by Crippen LogP contribution is -2.23. The maximum Gasteiger partial charge on any atom is 0.308 e. The van der Waals surface area contributed by atoms with Gasteiger partial charge in [-0.1, -0.05) is 78.1 Å². The molecular weight excluding hydrogens is 420 g/mol. The molecule has 0 bridgehead atoms. The number of ether oxygens (including phenoxy) is 1. The van der Waals surface area contributed by atoms with Crippen LogP contribution in [0.5, 0.6) is 5.75 Å². The van der Waals surface area contributed by atoms with E-state index in [4.69, 9.17) is 4.74 Å². The van der Waals surface area contributed by atoms with Crippen molar-refractivity contribution in [2.75, 3.05) is 7.11 Å². The van der Waals surface area contributed by atoms with Gasteiger partial charge in [0.15, 0.2) is 0 Å². The summed E-state index contributed by atoms with van der Waals surface area (Å²) in [5.41, 5.74) is 4.93. The molecule has 4 aromatic rings. The number of thiazole rings is 1. The summed E-state index contributed by atoms with van der Waals surface area (Å²) >= 11 is 0.985. The molecule has 0 aliphatic carbocycles. The Balaban J connectivity index is 1.45. The van der Waals surface area contributed by atoms with Crippen molar-refractivity contribution >= 4 is 17.2 Å². The molecule has 0 fully saturated rings. The first-order valence-corrected chi connectivity index (χ1v) is 11.1. The maximum absolute atomic E-state index is 12.7. The van der Waals surface area contributed by atoms with Gasteiger partial charge in [0.05, 0.1) is 13.7 Å². The number of nitrogens with zero attached hydrogens (tertiary/aromatic N) is 1. The van der Waals surface area contributed by atoms with Crippen molar-refractivity contribution in [2.24, 2.45) is 0 Å². The molecule has 1 aromatic heterocycles. The van der Waals surface area contributed by atoms with Crippen LogP contribution in [-0.4, -0.2) is 17.6 Å². The average molecular weight is 445 g/mol. The highest BCUT2D eigenvalue weighted by Gasteiger charge is 2.17. The topological polar surface area (TPSA) is 60.3 Å². The number of carbonyl (C=O) groups excluding carboxylic acids is 1. The number of hydrogen-bond donors (Lipinski definition) is 1. The molecule has 32 heavy (non-hydrogen) atoms. The molecule has 1 N–H and O–H groups in total. The van der Waals surface area contributed by atoms with Crippen LogP contribution in [0.25, 0.3) is 11.1 Å². The largest absolute Gasteiger partial charge is 0.497 e. The molecule has 3 aromatic carbocycles. The van der Waals surface area contributed by atoms with Crippen LogP contribution in [0.15, 0.2) is 83.7 Å². The number of rotatable bonds is 7. The summed E-state index contributed by atoms with van der Waals surface area (Å²) in [6.45, 7) is 2.63. The molecule has 162 valence electrons. The van der Waals surface area contributed by atoms with Gasteiger partial charge in [-0.25, -0.2) is 0 Å². The molecule has 5 nitrogen and oxygen atoms in total. The van der Waals surface area contributed by atoms with E-state index in [-0.39, 0.29) is 10.8 Å². The highest BCUT2D eigenvalue weighted by molar-refractivity contribution is 7.11. The first-order chi connectivity index (χ1) is 15.5. The highest BCUT2D eigenvalue weighted by atomic mass is 32.1. The van der Waals surface area contributed by atoms with Gasteiger partial charge in [-0.15, -0.1) is 0 Å². The first kappa shape index (κ1) is 21.6. The van der Waals surface area contributed by atoms with Crippen molar-refractivity contribution in [3.8, 4) is 16.9 Å². The fourth-order valence-electron chi connectivity index (χ4n) is 3.49. The van der Waals surface area contributed by atoms with Crippen molar-refractivity contribution in [3.63, 3.8) is 0 Å². The number of amides is 1. The quantitative estimate of drug-likeness (QED) is 0.442. The molecule has 4 rings (SSSR count). The molecule has 6 heteroatoms. The number of hydrogen-bond acceptors (Lipinski definition) is 4. The summed E-state index contributed by atoms with van der Waals surface area (Å²) in [6.07, 6.45) is 0. The lowest BCUT2D eigenvalue weighted by molar-refractivity contribution is 0.0954. The summed E-state index contributed by atoms with van der Waals surface area (Å²) in [5, 5.41) is 2.90. The molecule has 1 heterocycles. The minimum absolute atomic E-state index is 0.135. The van der Waals surface area contributed by atoms with Crippen LogP contribution in [0.3, 0.4) is 0 Å². The fourth-order valence-corrected chi connectivity index (χ4v) is 4.40. The summed E-state index contributed by atoms with van der Waals surface area (Å²) in [7, 11) is 1.61. The van der Waals surface area contributed by atoms with E-state index in [0.717, 1.165) is 39.3 Å². The van der Waals surface area contributed by atoms with Crippen LogP contribution < -0.4 is 14.9 Å². The van der Waals surface area contributed by atoms with Gasteiger partial charge < -0.3 is 10.1 Å². The van der Waals surface area contributed by atoms with E-state index in [1.54, 1.807) is 11.7 Å². The highest BCUT2D eigenvalue weighted by Crippen LogP contribution is 2.20. The second kappa shape index (κ2) is 9.66. The second-order valence-electron chi connectivity index (χ2n) is 7.46. The Morgan fingerprint density at radius 3 is 2.19 bits per heavy atom. The monoisotopic (exact) mass is 444 g/mol. The molecule has 0 saturated heterocycles. The predicted octanol–water partition coefficient (Wildman–Crippen LogP) is 4.87. The summed E-state index contributed by atoms with van der Waals surface area (Å²) < 4.78 is 6.81. The van der Waals surface area contributed by atoms with E-state index >= 15 is 0 Å². The minimum Gasteiger partial charge on any atom is -0.497 e. The van der Waals surface area contributed by atoms with Crippen molar-refractivity contribution in [2.45, 2.75) is 20.0 Å². The standard InChI is InChI=1S/C26H24N2O3S/c1-18-24(25(29)27-16-19-10-14-23(31-2)15-11-19)32-26(30)28(18)17-20-8-12-22(13-9-20)21-6-4-3-5-7-21/h3-15H,16-17H2,1-2H3,(H,27,29). The average Bonchev–Trinajstić information content (AvgIpc) is 3.12. The van der Waals surface area contributed by atoms with Crippen LogP contribution in [0.1, 0.15) is 26.5 Å². The Hall–Kier alpha value is -3.64. The maximum atomic E-state index is 12.7. The lowest BCUT2D eigenvalue weighted by atomic mass is 10.0. The van der Waals surface area contributed by atoms with Gasteiger partial charge in [0, 0.05) is 12.2 Å². The van der Waals surface area contributed by atoms with Gasteiger partial charge in [-0.3, -0.25) is 14.2 Å². The molecule has 0 saturated carbocycles. The molecule has 0 unspecified atom stereocenters. The minimum atomic E-state index is -0.237. The van der Waals surface area contributed by atoms with Gasteiger partial charge in [0.2, 0.25) is 0 Å². The Morgan fingerprint density at radius 1 is 0.906 bits per heavy atom. The Bertz CT molecular complexity index is 1260. The van der Waals surface area contributed by atoms with E-state index in [1.807, 2.05) is 61.5 Å². The molecule has 0 spiro atoms. The van der Waals surface area contributed by atoms with E-state index in [9.17, 15) is 9.59 Å². The zero-order valence-corrected chi connectivity index (χ0v) is 18.8. The Kier molecular flexibility index (Phi) is 6.52.